The summed E-state index contributed by atoms with van der Waals surface area (Å²) in [6.07, 6.45) is 0.863. The maximum atomic E-state index is 9.45. The summed E-state index contributed by atoms with van der Waals surface area (Å²) in [5.74, 6) is 1.70. The van der Waals surface area contributed by atoms with Crippen molar-refractivity contribution < 1.29 is 9.84 Å². The lowest BCUT2D eigenvalue weighted by Gasteiger charge is -2.12. The molecule has 0 radical (unpaired) electrons. The van der Waals surface area contributed by atoms with Crippen LogP contribution in [0, 0.1) is 0 Å². The van der Waals surface area contributed by atoms with Gasteiger partial charge in [-0.1, -0.05) is 24.3 Å². The number of aliphatic hydroxyl groups is 1. The molecule has 3 aromatic rings. The Labute approximate surface area is 134 Å². The van der Waals surface area contributed by atoms with Crippen molar-refractivity contribution in [1.29, 1.82) is 0 Å². The molecule has 5 nitrogen and oxygen atoms in total. The molecule has 0 spiro atoms. The molecule has 0 aliphatic carbocycles. The summed E-state index contributed by atoms with van der Waals surface area (Å²) in [4.78, 5) is 4.77. The second-order valence-corrected chi connectivity index (χ2v) is 5.77. The van der Waals surface area contributed by atoms with Crippen molar-refractivity contribution in [3.05, 3.63) is 48.0 Å². The molecule has 0 fully saturated rings. The lowest BCUT2D eigenvalue weighted by atomic mass is 10.1. The van der Waals surface area contributed by atoms with Gasteiger partial charge >= 0.3 is 0 Å². The summed E-state index contributed by atoms with van der Waals surface area (Å²) >= 11 is 0. The van der Waals surface area contributed by atoms with E-state index in [2.05, 4.69) is 6.07 Å². The maximum Gasteiger partial charge on any atom is 0.144 e. The van der Waals surface area contributed by atoms with Crippen molar-refractivity contribution in [2.45, 2.75) is 19.1 Å². The van der Waals surface area contributed by atoms with Crippen LogP contribution in [-0.4, -0.2) is 33.9 Å². The molecule has 0 amide bonds. The molecule has 2 aromatic carbocycles. The molecule has 1 aliphatic heterocycles. The predicted molar refractivity (Wildman–Crippen MR) is 89.4 cm³/mol. The minimum atomic E-state index is 0.0295. The van der Waals surface area contributed by atoms with Crippen LogP contribution in [0.4, 0.5) is 0 Å². The van der Waals surface area contributed by atoms with Gasteiger partial charge in [-0.25, -0.2) is 4.98 Å². The Bertz CT molecular complexity index is 857. The van der Waals surface area contributed by atoms with E-state index < -0.39 is 0 Å². The topological polar surface area (TPSA) is 73.3 Å². The number of benzene rings is 2. The van der Waals surface area contributed by atoms with Crippen LogP contribution in [0.1, 0.15) is 5.56 Å². The number of para-hydroxylation sites is 3. The van der Waals surface area contributed by atoms with Gasteiger partial charge in [0.25, 0.3) is 0 Å². The van der Waals surface area contributed by atoms with Crippen LogP contribution in [0.2, 0.25) is 0 Å². The standard InChI is InChI=1S/C18H19N3O2/c19-11-13-10-12-4-3-5-14(17(12)23-13)18-20-15-6-1-2-7-16(15)21(18)8-9-22/h1-7,13,22H,8-11,19H2. The van der Waals surface area contributed by atoms with E-state index in [0.29, 0.717) is 13.1 Å². The minimum Gasteiger partial charge on any atom is -0.488 e. The Morgan fingerprint density at radius 2 is 2.09 bits per heavy atom. The number of nitrogens with two attached hydrogens (primary N) is 1. The minimum absolute atomic E-state index is 0.0295. The zero-order chi connectivity index (χ0) is 15.8. The van der Waals surface area contributed by atoms with E-state index >= 15 is 0 Å². The van der Waals surface area contributed by atoms with Crippen molar-refractivity contribution in [2.75, 3.05) is 13.2 Å². The number of imidazole rings is 1. The second-order valence-electron chi connectivity index (χ2n) is 5.77. The zero-order valence-electron chi connectivity index (χ0n) is 12.8. The molecule has 118 valence electrons. The number of rotatable bonds is 4. The summed E-state index contributed by atoms with van der Waals surface area (Å²) in [6.45, 7) is 1.07. The van der Waals surface area contributed by atoms with E-state index in [1.807, 2.05) is 41.0 Å². The third-order valence-electron chi connectivity index (χ3n) is 4.31. The third-order valence-corrected chi connectivity index (χ3v) is 4.31. The first kappa shape index (κ1) is 14.2. The molecular formula is C18H19N3O2. The molecular weight excluding hydrogens is 290 g/mol. The molecule has 0 saturated heterocycles. The molecule has 1 atom stereocenters. The van der Waals surface area contributed by atoms with E-state index in [9.17, 15) is 5.11 Å². The van der Waals surface area contributed by atoms with Gasteiger partial charge < -0.3 is 20.1 Å². The summed E-state index contributed by atoms with van der Waals surface area (Å²) in [5.41, 5.74) is 9.83. The number of aliphatic hydroxyl groups excluding tert-OH is 1. The van der Waals surface area contributed by atoms with Crippen LogP contribution in [0.3, 0.4) is 0 Å². The molecule has 0 saturated carbocycles. The second kappa shape index (κ2) is 5.68. The van der Waals surface area contributed by atoms with Crippen molar-refractivity contribution in [2.24, 2.45) is 5.73 Å². The van der Waals surface area contributed by atoms with Gasteiger partial charge in [-0.15, -0.1) is 0 Å². The van der Waals surface area contributed by atoms with Crippen molar-refractivity contribution in [3.63, 3.8) is 0 Å². The highest BCUT2D eigenvalue weighted by Gasteiger charge is 2.26. The van der Waals surface area contributed by atoms with E-state index in [-0.39, 0.29) is 12.7 Å². The van der Waals surface area contributed by atoms with Crippen molar-refractivity contribution in [3.8, 4) is 17.1 Å². The van der Waals surface area contributed by atoms with Crippen LogP contribution >= 0.6 is 0 Å². The Balaban J connectivity index is 1.91. The molecule has 1 unspecified atom stereocenters. The third kappa shape index (κ3) is 2.29. The van der Waals surface area contributed by atoms with Crippen LogP contribution < -0.4 is 10.5 Å². The SMILES string of the molecule is NCC1Cc2cccc(-c3nc4ccccc4n3CCO)c2O1. The monoisotopic (exact) mass is 309 g/mol. The van der Waals surface area contributed by atoms with Crippen LogP contribution in [0.25, 0.3) is 22.4 Å². The first-order valence-electron chi connectivity index (χ1n) is 7.87. The first-order valence-corrected chi connectivity index (χ1v) is 7.87. The highest BCUT2D eigenvalue weighted by molar-refractivity contribution is 5.82. The predicted octanol–water partition coefficient (Wildman–Crippen LogP) is 1.96. The molecule has 4 rings (SSSR count). The van der Waals surface area contributed by atoms with Gasteiger partial charge in [-0.3, -0.25) is 0 Å². The average Bonchev–Trinajstić information content (AvgIpc) is 3.16. The quantitative estimate of drug-likeness (QED) is 0.772. The Kier molecular flexibility index (Phi) is 3.52. The van der Waals surface area contributed by atoms with Gasteiger partial charge in [0.2, 0.25) is 0 Å². The fourth-order valence-corrected chi connectivity index (χ4v) is 3.25. The molecule has 1 aromatic heterocycles. The van der Waals surface area contributed by atoms with Crippen LogP contribution in [0.5, 0.6) is 5.75 Å². The molecule has 0 bridgehead atoms. The summed E-state index contributed by atoms with van der Waals surface area (Å²) in [7, 11) is 0. The van der Waals surface area contributed by atoms with Crippen molar-refractivity contribution >= 4 is 11.0 Å². The molecule has 1 aliphatic rings. The fraction of sp³-hybridized carbons (Fsp3) is 0.278. The summed E-state index contributed by atoms with van der Waals surface area (Å²) in [5, 5.41) is 9.45. The maximum absolute atomic E-state index is 9.45. The Morgan fingerprint density at radius 1 is 1.22 bits per heavy atom. The summed E-state index contributed by atoms with van der Waals surface area (Å²) in [6, 6.07) is 14.1. The normalized spacial score (nSPS) is 16.5. The number of aromatic nitrogens is 2. The average molecular weight is 309 g/mol. The molecule has 5 heteroatoms. The zero-order valence-corrected chi connectivity index (χ0v) is 12.8. The Hall–Kier alpha value is -2.37. The number of fused-ring (bicyclic) bond motifs is 2. The largest absolute Gasteiger partial charge is 0.488 e. The number of hydrogen-bond acceptors (Lipinski definition) is 4. The van der Waals surface area contributed by atoms with Crippen LogP contribution in [0.15, 0.2) is 42.5 Å². The molecule has 3 N–H and O–H groups in total. The van der Waals surface area contributed by atoms with E-state index in [1.54, 1.807) is 0 Å². The van der Waals surface area contributed by atoms with Gasteiger partial charge in [0, 0.05) is 19.5 Å². The van der Waals surface area contributed by atoms with Gasteiger partial charge in [0.05, 0.1) is 23.2 Å². The first-order chi connectivity index (χ1) is 11.3. The van der Waals surface area contributed by atoms with E-state index in [0.717, 1.165) is 34.6 Å². The highest BCUT2D eigenvalue weighted by atomic mass is 16.5. The van der Waals surface area contributed by atoms with Gasteiger partial charge in [-0.05, 0) is 23.8 Å². The molecule has 23 heavy (non-hydrogen) atoms. The Morgan fingerprint density at radius 3 is 2.91 bits per heavy atom. The lowest BCUT2D eigenvalue weighted by Crippen LogP contribution is -2.24. The highest BCUT2D eigenvalue weighted by Crippen LogP contribution is 2.39. The fourth-order valence-electron chi connectivity index (χ4n) is 3.25. The smallest absolute Gasteiger partial charge is 0.144 e. The van der Waals surface area contributed by atoms with E-state index in [4.69, 9.17) is 15.5 Å². The van der Waals surface area contributed by atoms with Crippen LogP contribution in [-0.2, 0) is 13.0 Å². The number of ether oxygens (including phenoxy) is 1. The van der Waals surface area contributed by atoms with Gasteiger partial charge in [0.15, 0.2) is 0 Å². The van der Waals surface area contributed by atoms with Gasteiger partial charge in [0.1, 0.15) is 17.7 Å². The summed E-state index contributed by atoms with van der Waals surface area (Å²) < 4.78 is 8.08. The number of nitrogens with zero attached hydrogens (tertiary/aromatic N) is 2. The van der Waals surface area contributed by atoms with E-state index in [1.165, 1.54) is 5.56 Å². The van der Waals surface area contributed by atoms with Crippen molar-refractivity contribution in [1.82, 2.24) is 9.55 Å². The van der Waals surface area contributed by atoms with Gasteiger partial charge in [-0.2, -0.15) is 0 Å². The lowest BCUT2D eigenvalue weighted by molar-refractivity contribution is 0.242. The number of hydrogen-bond donors (Lipinski definition) is 2. The molecule has 2 heterocycles.